The van der Waals surface area contributed by atoms with Crippen molar-refractivity contribution in [2.24, 2.45) is 34.4 Å². The van der Waals surface area contributed by atoms with Gasteiger partial charge in [-0.25, -0.2) is 59.5 Å². The van der Waals surface area contributed by atoms with Crippen LogP contribution in [0.3, 0.4) is 0 Å². The third kappa shape index (κ3) is 14.0. The second-order valence-corrected chi connectivity index (χ2v) is 35.4. The lowest BCUT2D eigenvalue weighted by Gasteiger charge is -2.33. The van der Waals surface area contributed by atoms with E-state index in [4.69, 9.17) is 72.3 Å². The predicted octanol–water partition coefficient (Wildman–Crippen LogP) is 2.39. The molecule has 6 aromatic carbocycles. The zero-order valence-corrected chi connectivity index (χ0v) is 73.6. The van der Waals surface area contributed by atoms with Crippen molar-refractivity contribution >= 4 is 176 Å². The summed E-state index contributed by atoms with van der Waals surface area (Å²) < 4.78 is 142. The zero-order valence-electron chi connectivity index (χ0n) is 73.6. The van der Waals surface area contributed by atoms with Gasteiger partial charge in [0.1, 0.15) is 23.1 Å². The number of halogens is 7. The molecular formula is C88H79F7N18O26. The minimum Gasteiger partial charge on any atom is -0.481 e. The highest BCUT2D eigenvalue weighted by atomic mass is 19.3. The van der Waals surface area contributed by atoms with Gasteiger partial charge in [0.2, 0.25) is 60.3 Å². The summed E-state index contributed by atoms with van der Waals surface area (Å²) in [6.45, 7) is -0.262. The molecule has 44 nitrogen and oxygen atoms in total. The lowest BCUT2D eigenvalue weighted by atomic mass is 9.89. The Kier molecular flexibility index (Phi) is 21.4. The number of primary amides is 6. The maximum Gasteiger partial charge on any atom is 0.415 e. The molecule has 18 heterocycles. The van der Waals surface area contributed by atoms with Gasteiger partial charge in [-0.2, -0.15) is 0 Å². The highest BCUT2D eigenvalue weighted by Crippen LogP contribution is 2.57. The number of ether oxygens (including phenoxy) is 8. The van der Waals surface area contributed by atoms with Crippen molar-refractivity contribution in [3.8, 4) is 11.5 Å². The first kappa shape index (κ1) is 91.8. The van der Waals surface area contributed by atoms with Gasteiger partial charge in [0.05, 0.1) is 117 Å². The van der Waals surface area contributed by atoms with E-state index in [1.54, 1.807) is 31.1 Å². The van der Waals surface area contributed by atoms with E-state index in [1.165, 1.54) is 90.5 Å². The van der Waals surface area contributed by atoms with E-state index in [0.29, 0.717) is 72.5 Å². The highest BCUT2D eigenvalue weighted by molar-refractivity contribution is 6.10. The largest absolute Gasteiger partial charge is 0.481 e. The topological polar surface area (TPSA) is 576 Å². The molecule has 0 unspecified atom stereocenters. The first-order valence-corrected chi connectivity index (χ1v) is 43.0. The summed E-state index contributed by atoms with van der Waals surface area (Å²) in [5.41, 5.74) is 39.6. The summed E-state index contributed by atoms with van der Waals surface area (Å²) in [6.07, 6.45) is -9.66. The summed E-state index contributed by atoms with van der Waals surface area (Å²) in [5, 5.41) is 0. The van der Waals surface area contributed by atoms with Gasteiger partial charge in [0.25, 0.3) is 59.1 Å². The zero-order chi connectivity index (χ0) is 99.8. The molecule has 139 heavy (non-hydrogen) atoms. The Balaban J connectivity index is 0.000000106. The van der Waals surface area contributed by atoms with Gasteiger partial charge in [0.15, 0.2) is 24.8 Å². The number of hydrogen-bond donors (Lipinski definition) is 6. The van der Waals surface area contributed by atoms with Gasteiger partial charge in [-0.1, -0.05) is 0 Å². The van der Waals surface area contributed by atoms with E-state index < -0.39 is 204 Å². The average molecular weight is 1940 g/mol. The quantitative estimate of drug-likeness (QED) is 0.103. The molecule has 12 atom stereocenters. The molecule has 18 amide bonds. The van der Waals surface area contributed by atoms with Gasteiger partial charge < -0.3 is 102 Å². The molecule has 6 saturated heterocycles. The van der Waals surface area contributed by atoms with Crippen molar-refractivity contribution in [1.29, 1.82) is 0 Å². The highest BCUT2D eigenvalue weighted by Gasteiger charge is 2.61. The number of benzene rings is 6. The van der Waals surface area contributed by atoms with Crippen LogP contribution in [0.15, 0.2) is 54.6 Å². The number of alkyl halides is 4. The fraction of sp³-hybridized carbons (Fsp3) is 0.386. The Labute approximate surface area is 777 Å². The number of hydrogen-bond acceptors (Lipinski definition) is 26. The van der Waals surface area contributed by atoms with Crippen LogP contribution in [0.25, 0.3) is 0 Å². The van der Waals surface area contributed by atoms with E-state index in [0.717, 1.165) is 55.6 Å². The number of carbonyl (C=O) groups is 18. The van der Waals surface area contributed by atoms with Gasteiger partial charge >= 0.3 is 36.6 Å². The fourth-order valence-electron chi connectivity index (χ4n) is 21.6. The molecule has 0 bridgehead atoms. The van der Waals surface area contributed by atoms with E-state index in [1.807, 2.05) is 12.1 Å². The predicted molar refractivity (Wildman–Crippen MR) is 460 cm³/mol. The Morgan fingerprint density at radius 3 is 1.01 bits per heavy atom. The molecule has 18 aliphatic heterocycles. The molecular weight excluding hydrogens is 1860 g/mol. The maximum absolute atomic E-state index is 14.5. The van der Waals surface area contributed by atoms with E-state index in [-0.39, 0.29) is 125 Å². The normalized spacial score (nSPS) is 25.7. The molecule has 12 N–H and O–H groups in total. The summed E-state index contributed by atoms with van der Waals surface area (Å²) in [6, 6.07) is 9.59. The number of nitrogens with zero attached hydrogens (tertiary/aromatic N) is 12. The van der Waals surface area contributed by atoms with Gasteiger partial charge in [0, 0.05) is 116 Å². The summed E-state index contributed by atoms with van der Waals surface area (Å²) >= 11 is 0. The van der Waals surface area contributed by atoms with Crippen LogP contribution in [-0.2, 0) is 149 Å². The van der Waals surface area contributed by atoms with Crippen LogP contribution in [0.2, 0.25) is 0 Å². The Hall–Kier alpha value is -16.3. The number of likely N-dealkylation sites (N-methyl/N-ethyl adjacent to an activating group) is 2. The van der Waals surface area contributed by atoms with Crippen molar-refractivity contribution in [2.75, 3.05) is 114 Å². The fourth-order valence-corrected chi connectivity index (χ4v) is 21.6. The number of anilines is 12. The molecule has 0 aromatic heterocycles. The molecule has 726 valence electrons. The van der Waals surface area contributed by atoms with E-state index >= 15 is 0 Å². The van der Waals surface area contributed by atoms with Crippen molar-refractivity contribution in [1.82, 2.24) is 0 Å². The number of cyclic esters (lactones) is 6. The molecule has 18 aliphatic rings. The molecule has 24 rings (SSSR count). The SMILES string of the molecule is CN1C(=O)CC(F)(F)c2c1ccc1c2C[C@H]2[C@H](C(N)=O)OC(=O)N12.CN1C(=O)CC(F)(F)c2c3c(cc(F)c21)N1C(=O)O[C@@H](C(N)=O)[C@@H]1C3.CN1C(=O)CCc2c1ccc1c2C[C@H]2[C@H](C(N)=O)OC(=O)N12.CN1C(=O)CCc2c3c(cc(F)c21)N1C(=O)O[C@@H](C(N)=O)[C@@H]1C3.CN1C(=O)COc2c1ccc1c2C[C@H]2[C@H](C(N)=O)OC(=O)N12.CN1C(=O)COc2c3c(cc(F)c21)N1C(=O)O[C@@H](C(N)=O)[C@@H]1C3. The van der Waals surface area contributed by atoms with E-state index in [9.17, 15) is 117 Å². The molecule has 0 spiro atoms. The second-order valence-electron chi connectivity index (χ2n) is 35.4. The van der Waals surface area contributed by atoms with E-state index in [2.05, 4.69) is 0 Å². The Bertz CT molecular complexity index is 6450. The molecule has 0 saturated carbocycles. The monoisotopic (exact) mass is 1940 g/mol. The first-order chi connectivity index (χ1) is 65.6. The van der Waals surface area contributed by atoms with Crippen LogP contribution < -0.4 is 103 Å². The molecule has 6 aromatic rings. The summed E-state index contributed by atoms with van der Waals surface area (Å²) in [7, 11) is 9.06. The van der Waals surface area contributed by atoms with Crippen LogP contribution in [0.4, 0.5) is 128 Å². The smallest absolute Gasteiger partial charge is 0.415 e. The van der Waals surface area contributed by atoms with Crippen LogP contribution in [0, 0.1) is 17.5 Å². The molecule has 6 fully saturated rings. The summed E-state index contributed by atoms with van der Waals surface area (Å²) in [5.74, 6) is -15.1. The minimum atomic E-state index is -3.59. The Morgan fingerprint density at radius 2 is 0.561 bits per heavy atom. The van der Waals surface area contributed by atoms with Crippen molar-refractivity contribution in [3.05, 3.63) is 128 Å². The third-order valence-corrected chi connectivity index (χ3v) is 28.0. The van der Waals surface area contributed by atoms with Crippen LogP contribution in [0.1, 0.15) is 81.3 Å². The Morgan fingerprint density at radius 1 is 0.288 bits per heavy atom. The van der Waals surface area contributed by atoms with Crippen LogP contribution >= 0.6 is 0 Å². The standard InChI is InChI=1S/C15H12F3N3O4.C15H13F2N3O4.C15H14FN3O4.C15H15N3O4.C14H12FN3O5.C14H13N3O5/c1-20-9(22)4-15(17,18)10-5-2-8-12(13(19)23)25-14(24)21(8)7(5)3-6(16)11(10)20;1-19-8-3-2-7-6(11(8)15(16,17)5-10(19)21)4-9-12(13(18)22)24-14(23)20(7)9;1-18-11(20)3-2-6-7-4-10-13(14(17)21)23-15(22)19(10)9(7)5-8(16)12(6)18;1-17-9-3-4-10-8(7(9)2-5-12(17)19)6-11-13(14(16)20)22-15(21)18(10)11;1-17-9(19)4-22-11-5-2-8-12(13(16)20)23-14(21)18(8)7(5)3-6(15)10(11)17;1-16-8-3-2-7-6(11(8)21-5-10(16)18)4-9-12(13(15)19)22-14(20)17(7)9/h3,8,12H,2,4H2,1H3,(H2,19,23);2-3,9,12H,4-5H2,1H3,(H2,18,22);5,10,13H,2-4H2,1H3,(H2,17,21);3-4,11,13H,2,5-6H2,1H3,(H2,16,20);3,8,12H,2,4H2,1H3,(H2,16,20);2-3,9,12H,4-5H2,1H3,(H2,15,19)/t8-,12+;9-,12+;10-,13+;11-,13+;8-,12+;9-,12+/m000000/s1. The van der Waals surface area contributed by atoms with Gasteiger partial charge in [-0.05, 0) is 95.5 Å². The van der Waals surface area contributed by atoms with Gasteiger partial charge in [-0.15, -0.1) is 0 Å². The number of carbonyl (C=O) groups excluding carboxylic acids is 18. The minimum absolute atomic E-state index is 0.0219. The number of amides is 18. The third-order valence-electron chi connectivity index (χ3n) is 28.0. The number of rotatable bonds is 6. The van der Waals surface area contributed by atoms with Gasteiger partial charge in [-0.3, -0.25) is 86.9 Å². The molecule has 0 aliphatic carbocycles. The number of fused-ring (bicyclic) bond motifs is 30. The van der Waals surface area contributed by atoms with Crippen LogP contribution in [-0.4, -0.2) is 236 Å². The second kappa shape index (κ2) is 32.5. The maximum atomic E-state index is 14.5. The first-order valence-electron chi connectivity index (χ1n) is 43.0. The van der Waals surface area contributed by atoms with Crippen molar-refractivity contribution in [2.45, 2.75) is 162 Å². The average Bonchev–Trinajstić information content (AvgIpc) is 1.60. The lowest BCUT2D eigenvalue weighted by molar-refractivity contribution is -0.128. The van der Waals surface area contributed by atoms with Crippen molar-refractivity contribution in [3.63, 3.8) is 0 Å². The molecule has 0 radical (unpaired) electrons. The molecule has 51 heteroatoms. The summed E-state index contributed by atoms with van der Waals surface area (Å²) in [4.78, 5) is 227. The van der Waals surface area contributed by atoms with Crippen molar-refractivity contribution < 1.29 is 155 Å². The number of nitrogens with two attached hydrogens (primary N) is 6. The lowest BCUT2D eigenvalue weighted by Crippen LogP contribution is -2.41. The van der Waals surface area contributed by atoms with Crippen LogP contribution in [0.5, 0.6) is 11.5 Å².